The number of carboxylic acids is 2. The number of amides is 2. The molecule has 6 N–H and O–H groups in total. The van der Waals surface area contributed by atoms with Crippen LogP contribution in [-0.2, 0) is 12.8 Å². The Bertz CT molecular complexity index is 1880. The van der Waals surface area contributed by atoms with Crippen molar-refractivity contribution in [1.82, 2.24) is 0 Å². The van der Waals surface area contributed by atoms with Gasteiger partial charge in [0.25, 0.3) is 0 Å². The number of carboxylic acid groups (broad SMARTS) is 2. The number of carbonyl (C=O) groups is 4. The zero-order valence-electron chi connectivity index (χ0n) is 22.4. The van der Waals surface area contributed by atoms with Crippen LogP contribution < -0.4 is 11.5 Å². The molecule has 2 amide bonds. The summed E-state index contributed by atoms with van der Waals surface area (Å²) in [6.45, 7) is 4.05. The second kappa shape index (κ2) is 10.1. The van der Waals surface area contributed by atoms with E-state index in [2.05, 4.69) is 0 Å². The van der Waals surface area contributed by atoms with Crippen molar-refractivity contribution in [2.75, 3.05) is 0 Å². The summed E-state index contributed by atoms with van der Waals surface area (Å²) in [6.07, 6.45) is 4.08. The number of hydrogen-bond donors (Lipinski definition) is 4. The van der Waals surface area contributed by atoms with E-state index in [1.807, 2.05) is 38.1 Å². The zero-order chi connectivity index (χ0) is 28.9. The molecule has 0 aliphatic rings. The molecule has 8 heteroatoms. The molecule has 0 unspecified atom stereocenters. The van der Waals surface area contributed by atoms with Crippen molar-refractivity contribution in [2.45, 2.75) is 52.4 Å². The van der Waals surface area contributed by atoms with E-state index in [9.17, 15) is 29.4 Å². The van der Waals surface area contributed by atoms with Crippen molar-refractivity contribution in [3.63, 3.8) is 0 Å². The lowest BCUT2D eigenvalue weighted by Gasteiger charge is -2.26. The van der Waals surface area contributed by atoms with E-state index in [0.29, 0.717) is 41.0 Å². The Balaban J connectivity index is 2.32. The zero-order valence-corrected chi connectivity index (χ0v) is 22.4. The maximum atomic E-state index is 13.1. The predicted octanol–water partition coefficient (Wildman–Crippen LogP) is 6.02. The van der Waals surface area contributed by atoms with Crippen molar-refractivity contribution >= 4 is 66.8 Å². The Morgan fingerprint density at radius 2 is 1.12 bits per heavy atom. The second-order valence-corrected chi connectivity index (χ2v) is 10.2. The predicted molar refractivity (Wildman–Crippen MR) is 156 cm³/mol. The third-order valence-corrected chi connectivity index (χ3v) is 7.89. The highest BCUT2D eigenvalue weighted by atomic mass is 16.4. The number of aromatic carboxylic acids is 2. The number of benzene rings is 5. The van der Waals surface area contributed by atoms with Crippen LogP contribution in [0.3, 0.4) is 0 Å². The first-order valence-electron chi connectivity index (χ1n) is 13.5. The minimum atomic E-state index is -1.56. The molecule has 8 nitrogen and oxygen atoms in total. The van der Waals surface area contributed by atoms with Crippen LogP contribution in [-0.4, -0.2) is 34.0 Å². The van der Waals surface area contributed by atoms with E-state index in [0.717, 1.165) is 41.0 Å². The molecule has 0 saturated carbocycles. The topological polar surface area (TPSA) is 161 Å². The molecule has 0 bridgehead atoms. The number of carbonyl (C=O) groups excluding carboxylic acids is 2. The van der Waals surface area contributed by atoms with Crippen LogP contribution in [0.4, 0.5) is 0 Å². The normalized spacial score (nSPS) is 11.7. The molecule has 0 spiro atoms. The highest BCUT2D eigenvalue weighted by Gasteiger charge is 2.35. The minimum Gasteiger partial charge on any atom is -0.478 e. The van der Waals surface area contributed by atoms with Crippen molar-refractivity contribution in [2.24, 2.45) is 11.5 Å². The van der Waals surface area contributed by atoms with Gasteiger partial charge >= 0.3 is 11.9 Å². The lowest BCUT2D eigenvalue weighted by Crippen LogP contribution is -2.26. The molecule has 5 rings (SSSR count). The summed E-state index contributed by atoms with van der Waals surface area (Å²) in [6, 6.07) is 11.3. The number of aryl methyl sites for hydroxylation is 1. The van der Waals surface area contributed by atoms with Gasteiger partial charge in [0, 0.05) is 16.2 Å². The quantitative estimate of drug-likeness (QED) is 0.126. The first-order valence-corrected chi connectivity index (χ1v) is 13.5. The van der Waals surface area contributed by atoms with Gasteiger partial charge in [0.2, 0.25) is 11.8 Å². The number of hydrogen-bond acceptors (Lipinski definition) is 4. The van der Waals surface area contributed by atoms with Gasteiger partial charge < -0.3 is 21.7 Å². The fraction of sp³-hybridized carbons (Fsp3) is 0.250. The van der Waals surface area contributed by atoms with E-state index in [-0.39, 0.29) is 21.9 Å². The number of primary amides is 2. The maximum Gasteiger partial charge on any atom is 0.337 e. The molecule has 204 valence electrons. The van der Waals surface area contributed by atoms with Gasteiger partial charge in [-0.2, -0.15) is 0 Å². The van der Waals surface area contributed by atoms with E-state index < -0.39 is 34.9 Å². The highest BCUT2D eigenvalue weighted by Crippen LogP contribution is 2.48. The molecule has 0 aromatic heterocycles. The van der Waals surface area contributed by atoms with Crippen LogP contribution in [0.5, 0.6) is 0 Å². The van der Waals surface area contributed by atoms with Crippen molar-refractivity contribution in [1.29, 1.82) is 0 Å². The monoisotopic (exact) mass is 538 g/mol. The number of rotatable bonds is 10. The van der Waals surface area contributed by atoms with Gasteiger partial charge in [0.15, 0.2) is 0 Å². The molecule has 5 aromatic rings. The Hall–Kier alpha value is -4.72. The van der Waals surface area contributed by atoms with E-state index in [1.54, 1.807) is 12.1 Å². The van der Waals surface area contributed by atoms with Crippen molar-refractivity contribution < 1.29 is 29.4 Å². The van der Waals surface area contributed by atoms with Gasteiger partial charge in [-0.15, -0.1) is 0 Å². The summed E-state index contributed by atoms with van der Waals surface area (Å²) in [5.41, 5.74) is 11.3. The molecular formula is C32H30N2O6. The molecule has 40 heavy (non-hydrogen) atoms. The van der Waals surface area contributed by atoms with Crippen LogP contribution in [0.1, 0.15) is 92.1 Å². The average Bonchev–Trinajstić information content (AvgIpc) is 2.91. The minimum absolute atomic E-state index is 0.0957. The Labute approximate surface area is 229 Å². The first-order chi connectivity index (χ1) is 19.1. The van der Waals surface area contributed by atoms with Gasteiger partial charge in [-0.1, -0.05) is 63.1 Å². The Morgan fingerprint density at radius 3 is 1.62 bits per heavy atom. The summed E-state index contributed by atoms with van der Waals surface area (Å²) < 4.78 is 0. The molecule has 0 atom stereocenters. The smallest absolute Gasteiger partial charge is 0.337 e. The van der Waals surface area contributed by atoms with E-state index >= 15 is 0 Å². The number of nitrogens with two attached hydrogens (primary N) is 2. The van der Waals surface area contributed by atoms with Gasteiger partial charge in [-0.25, -0.2) is 9.59 Å². The maximum absolute atomic E-state index is 13.1. The summed E-state index contributed by atoms with van der Waals surface area (Å²) >= 11 is 0. The summed E-state index contributed by atoms with van der Waals surface area (Å²) in [4.78, 5) is 51.9. The Morgan fingerprint density at radius 1 is 0.600 bits per heavy atom. The van der Waals surface area contributed by atoms with Crippen LogP contribution in [0.2, 0.25) is 0 Å². The number of unbranched alkanes of at least 4 members (excludes halogenated alkanes) is 2. The standard InChI is InChI=1S/C32H30N2O6/c1-3-5-11-16-17(12-6-4-2)23(31(37)38)25-24-21(16)18-13-7-9-15-10-8-14-19(20(15)18)22(24)26(29(33)35)27(30(34)36)28(25)32(39)40/h7-10,13-14H,3-6,11-12H2,1-2H3,(H2,33,35)(H2,34,36)(H,37,38)(H,39,40). The molecule has 5 aromatic carbocycles. The molecule has 0 saturated heterocycles. The molecular weight excluding hydrogens is 508 g/mol. The van der Waals surface area contributed by atoms with Crippen LogP contribution in [0, 0.1) is 0 Å². The summed E-state index contributed by atoms with van der Waals surface area (Å²) in [7, 11) is 0. The van der Waals surface area contributed by atoms with Crippen molar-refractivity contribution in [3.8, 4) is 0 Å². The average molecular weight is 539 g/mol. The molecule has 0 fully saturated rings. The SMILES string of the molecule is CCCCc1c(C(=O)O)c2c(C(=O)O)c(C(N)=O)c(C(N)=O)c3c4cccc5cccc(c(c1CCCC)c23)c54. The largest absolute Gasteiger partial charge is 0.478 e. The van der Waals surface area contributed by atoms with E-state index in [1.165, 1.54) is 0 Å². The molecule has 0 heterocycles. The molecule has 0 aliphatic heterocycles. The lowest BCUT2D eigenvalue weighted by molar-refractivity contribution is 0.0693. The Kier molecular flexibility index (Phi) is 6.79. The third kappa shape index (κ3) is 3.82. The van der Waals surface area contributed by atoms with Gasteiger partial charge in [0.05, 0.1) is 22.3 Å². The number of fused-ring (bicyclic) bond motifs is 2. The van der Waals surface area contributed by atoms with Crippen molar-refractivity contribution in [3.05, 3.63) is 69.8 Å². The van der Waals surface area contributed by atoms with Crippen LogP contribution >= 0.6 is 0 Å². The molecule has 0 aliphatic carbocycles. The first kappa shape index (κ1) is 26.9. The second-order valence-electron chi connectivity index (χ2n) is 10.2. The fourth-order valence-electron chi connectivity index (χ4n) is 6.38. The lowest BCUT2D eigenvalue weighted by atomic mass is 9.76. The summed E-state index contributed by atoms with van der Waals surface area (Å²) in [5, 5.41) is 25.4. The molecule has 0 radical (unpaired) electrons. The van der Waals surface area contributed by atoms with Crippen LogP contribution in [0.25, 0.3) is 43.1 Å². The van der Waals surface area contributed by atoms with Crippen LogP contribution in [0.15, 0.2) is 36.4 Å². The third-order valence-electron chi connectivity index (χ3n) is 7.89. The summed E-state index contributed by atoms with van der Waals surface area (Å²) in [5.74, 6) is -5.05. The van der Waals surface area contributed by atoms with Gasteiger partial charge in [0.1, 0.15) is 0 Å². The van der Waals surface area contributed by atoms with Gasteiger partial charge in [-0.3, -0.25) is 9.59 Å². The van der Waals surface area contributed by atoms with E-state index in [4.69, 9.17) is 11.5 Å². The van der Waals surface area contributed by atoms with Gasteiger partial charge in [-0.05, 0) is 63.7 Å². The fourth-order valence-corrected chi connectivity index (χ4v) is 6.38. The highest BCUT2D eigenvalue weighted by molar-refractivity contribution is 6.41.